The molecule has 4 rings (SSSR count). The van der Waals surface area contributed by atoms with Gasteiger partial charge < -0.3 is 22.1 Å². The Hall–Kier alpha value is -2.78. The summed E-state index contributed by atoms with van der Waals surface area (Å²) in [5, 5.41) is 0. The molecule has 1 aliphatic heterocycles. The molecule has 3 aliphatic carbocycles. The maximum absolute atomic E-state index is 13.1. The van der Waals surface area contributed by atoms with Crippen LogP contribution in [-0.2, 0) is 9.59 Å². The maximum atomic E-state index is 13.1. The first-order chi connectivity index (χ1) is 15.2. The number of unbranched alkanes of at least 4 members (excludes halogenated alkanes) is 1. The van der Waals surface area contributed by atoms with Crippen molar-refractivity contribution >= 4 is 23.9 Å². The molecule has 6 amide bonds. The molecule has 4 aliphatic rings. The maximum Gasteiger partial charge on any atom is 0.334 e. The van der Waals surface area contributed by atoms with Crippen molar-refractivity contribution in [2.75, 3.05) is 6.54 Å². The van der Waals surface area contributed by atoms with Gasteiger partial charge in [-0.2, -0.15) is 0 Å². The van der Waals surface area contributed by atoms with Gasteiger partial charge in [-0.15, -0.1) is 0 Å². The smallest absolute Gasteiger partial charge is 0.334 e. The van der Waals surface area contributed by atoms with Crippen molar-refractivity contribution in [3.63, 3.8) is 0 Å². The summed E-state index contributed by atoms with van der Waals surface area (Å²) in [6.45, 7) is 2.20. The van der Waals surface area contributed by atoms with E-state index in [9.17, 15) is 19.2 Å². The fourth-order valence-corrected chi connectivity index (χ4v) is 5.76. The predicted octanol–water partition coefficient (Wildman–Crippen LogP) is 1.34. The number of nitrogens with zero attached hydrogens (tertiary/aromatic N) is 3. The number of imide groups is 2. The quantitative estimate of drug-likeness (QED) is 0.413. The molecule has 0 bridgehead atoms. The largest absolute Gasteiger partial charge is 0.385 e. The number of primary amides is 1. The average Bonchev–Trinajstić information content (AvgIpc) is 3.52. The first-order valence-corrected chi connectivity index (χ1v) is 11.7. The number of urea groups is 2. The summed E-state index contributed by atoms with van der Waals surface area (Å²) in [6.07, 6.45) is 8.40. The van der Waals surface area contributed by atoms with Crippen LogP contribution < -0.4 is 17.2 Å². The molecule has 176 valence electrons. The molecule has 0 aromatic rings. The van der Waals surface area contributed by atoms with Gasteiger partial charge >= 0.3 is 12.1 Å². The zero-order chi connectivity index (χ0) is 23.2. The first-order valence-electron chi connectivity index (χ1n) is 11.7. The number of nitrogens with two attached hydrogens (primary N) is 3. The minimum atomic E-state index is -0.703. The summed E-state index contributed by atoms with van der Waals surface area (Å²) in [5.74, 6) is -1.74. The number of hydrogen-bond acceptors (Lipinski definition) is 6. The number of rotatable bonds is 6. The Kier molecular flexibility index (Phi) is 5.81. The molecule has 0 radical (unpaired) electrons. The van der Waals surface area contributed by atoms with E-state index in [1.807, 2.05) is 11.8 Å². The van der Waals surface area contributed by atoms with Crippen molar-refractivity contribution in [3.05, 3.63) is 11.4 Å². The van der Waals surface area contributed by atoms with Gasteiger partial charge in [0.25, 0.3) is 11.8 Å². The Morgan fingerprint density at radius 2 is 1.62 bits per heavy atom. The molecule has 10 heteroatoms. The molecule has 0 atom stereocenters. The lowest BCUT2D eigenvalue weighted by Gasteiger charge is -2.55. The van der Waals surface area contributed by atoms with Gasteiger partial charge in [0.15, 0.2) is 0 Å². The Bertz CT molecular complexity index is 846. The van der Waals surface area contributed by atoms with Crippen molar-refractivity contribution in [2.45, 2.75) is 89.3 Å². The fourth-order valence-electron chi connectivity index (χ4n) is 5.76. The van der Waals surface area contributed by atoms with Crippen LogP contribution in [0.3, 0.4) is 0 Å². The molecular weight excluding hydrogens is 412 g/mol. The van der Waals surface area contributed by atoms with E-state index >= 15 is 0 Å². The number of carbonyl (C=O) groups excluding carboxylic acids is 4. The number of barbiturate groups is 1. The Labute approximate surface area is 188 Å². The van der Waals surface area contributed by atoms with E-state index in [0.717, 1.165) is 49.8 Å². The highest BCUT2D eigenvalue weighted by molar-refractivity contribution is 6.29. The average molecular weight is 447 g/mol. The number of carbonyl (C=O) groups is 4. The molecule has 6 N–H and O–H groups in total. The monoisotopic (exact) mass is 446 g/mol. The molecule has 32 heavy (non-hydrogen) atoms. The lowest BCUT2D eigenvalue weighted by Crippen LogP contribution is -2.62. The molecule has 10 nitrogen and oxygen atoms in total. The van der Waals surface area contributed by atoms with Gasteiger partial charge in [0.2, 0.25) is 0 Å². The summed E-state index contributed by atoms with van der Waals surface area (Å²) in [5.41, 5.74) is 16.7. The summed E-state index contributed by atoms with van der Waals surface area (Å²) in [4.78, 5) is 54.8. The highest BCUT2D eigenvalue weighted by Gasteiger charge is 2.53. The van der Waals surface area contributed by atoms with Crippen molar-refractivity contribution in [1.29, 1.82) is 0 Å². The van der Waals surface area contributed by atoms with Crippen LogP contribution in [0.4, 0.5) is 9.59 Å². The number of amides is 6. The molecule has 4 fully saturated rings. The van der Waals surface area contributed by atoms with Crippen LogP contribution in [0.25, 0.3) is 0 Å². The summed E-state index contributed by atoms with van der Waals surface area (Å²) in [7, 11) is 0. The zero-order valence-corrected chi connectivity index (χ0v) is 18.7. The molecule has 1 heterocycles. The Morgan fingerprint density at radius 1 is 1.00 bits per heavy atom. The van der Waals surface area contributed by atoms with Gasteiger partial charge in [-0.1, -0.05) is 13.3 Å². The van der Waals surface area contributed by atoms with E-state index in [1.165, 1.54) is 4.90 Å². The topological polar surface area (TPSA) is 156 Å². The molecule has 1 spiro atoms. The predicted molar refractivity (Wildman–Crippen MR) is 116 cm³/mol. The van der Waals surface area contributed by atoms with Crippen LogP contribution >= 0.6 is 0 Å². The summed E-state index contributed by atoms with van der Waals surface area (Å²) in [6, 6.07) is -0.695. The molecular formula is C22H34N6O4. The molecule has 3 saturated carbocycles. The van der Waals surface area contributed by atoms with Crippen LogP contribution in [0.1, 0.15) is 71.1 Å². The van der Waals surface area contributed by atoms with E-state index in [-0.39, 0.29) is 41.5 Å². The minimum absolute atomic E-state index is 0.134. The van der Waals surface area contributed by atoms with Crippen molar-refractivity contribution in [2.24, 2.45) is 22.6 Å². The normalized spacial score (nSPS) is 30.5. The van der Waals surface area contributed by atoms with Gasteiger partial charge in [-0.05, 0) is 63.2 Å². The Morgan fingerprint density at radius 3 is 2.12 bits per heavy atom. The third-order valence-corrected chi connectivity index (χ3v) is 7.66. The molecule has 0 unspecified atom stereocenters. The lowest BCUT2D eigenvalue weighted by atomic mass is 9.57. The van der Waals surface area contributed by atoms with Crippen molar-refractivity contribution < 1.29 is 19.2 Å². The molecule has 0 aromatic carbocycles. The Balaban J connectivity index is 1.43. The zero-order valence-electron chi connectivity index (χ0n) is 18.7. The van der Waals surface area contributed by atoms with Crippen LogP contribution in [0, 0.1) is 5.41 Å². The number of hydrogen-bond donors (Lipinski definition) is 3. The van der Waals surface area contributed by atoms with Gasteiger partial charge in [0.1, 0.15) is 11.4 Å². The van der Waals surface area contributed by atoms with Crippen LogP contribution in [-0.4, -0.2) is 63.2 Å². The second-order valence-corrected chi connectivity index (χ2v) is 9.87. The lowest BCUT2D eigenvalue weighted by molar-refractivity contribution is -0.138. The van der Waals surface area contributed by atoms with Crippen LogP contribution in [0.2, 0.25) is 0 Å². The van der Waals surface area contributed by atoms with Crippen LogP contribution in [0.5, 0.6) is 0 Å². The second-order valence-electron chi connectivity index (χ2n) is 9.87. The van der Waals surface area contributed by atoms with Crippen molar-refractivity contribution in [1.82, 2.24) is 14.7 Å². The van der Waals surface area contributed by atoms with Crippen LogP contribution in [0.15, 0.2) is 11.4 Å². The molecule has 0 aromatic heterocycles. The minimum Gasteiger partial charge on any atom is -0.385 e. The van der Waals surface area contributed by atoms with Gasteiger partial charge in [-0.3, -0.25) is 19.4 Å². The van der Waals surface area contributed by atoms with Gasteiger partial charge in [0, 0.05) is 24.7 Å². The highest BCUT2D eigenvalue weighted by atomic mass is 16.2. The third-order valence-electron chi connectivity index (χ3n) is 7.66. The van der Waals surface area contributed by atoms with Crippen molar-refractivity contribution in [3.8, 4) is 0 Å². The van der Waals surface area contributed by atoms with E-state index in [4.69, 9.17) is 17.2 Å². The first kappa shape index (κ1) is 22.4. The summed E-state index contributed by atoms with van der Waals surface area (Å²) >= 11 is 0. The SMILES string of the molecule is CCCCN1C(=O)C(=C(N)N)C(=O)N(C2CCC3(CC2)CC(N(C(N)=O)C2CC2)C3)C1=O. The molecule has 1 saturated heterocycles. The van der Waals surface area contributed by atoms with Gasteiger partial charge in [0.05, 0.1) is 0 Å². The third kappa shape index (κ3) is 3.80. The van der Waals surface area contributed by atoms with E-state index in [1.54, 1.807) is 0 Å². The van der Waals surface area contributed by atoms with E-state index in [0.29, 0.717) is 25.3 Å². The van der Waals surface area contributed by atoms with E-state index < -0.39 is 17.8 Å². The highest BCUT2D eigenvalue weighted by Crippen LogP contribution is 2.55. The fraction of sp³-hybridized carbons (Fsp3) is 0.727. The summed E-state index contributed by atoms with van der Waals surface area (Å²) < 4.78 is 0. The second kappa shape index (κ2) is 8.29. The van der Waals surface area contributed by atoms with Gasteiger partial charge in [-0.25, -0.2) is 9.59 Å². The van der Waals surface area contributed by atoms with E-state index in [2.05, 4.69) is 0 Å². The standard InChI is InChI=1S/C22H34N6O4/c1-2-3-10-26-18(29)16(17(23)24)19(30)28(21(26)32)14-6-8-22(9-7-14)11-15(12-22)27(20(25)31)13-4-5-13/h13-15H,2-12,23-24H2,1H3,(H2,25,31).